The number of aromatic amines is 1. The highest BCUT2D eigenvalue weighted by molar-refractivity contribution is 5.37. The first kappa shape index (κ1) is 11.7. The number of hydrogen-bond acceptors (Lipinski definition) is 4. The molecule has 0 atom stereocenters. The van der Waals surface area contributed by atoms with Gasteiger partial charge < -0.3 is 9.88 Å². The molecule has 5 nitrogen and oxygen atoms in total. The van der Waals surface area contributed by atoms with E-state index in [0.717, 1.165) is 37.9 Å². The maximum Gasteiger partial charge on any atom is 0.252 e. The summed E-state index contributed by atoms with van der Waals surface area (Å²) in [4.78, 5) is 23.3. The number of piperazine rings is 1. The SMILES string of the molecule is Cc1nc(N2CCN(CC3CC3)CC2)cc(=O)[nH]1. The van der Waals surface area contributed by atoms with Gasteiger partial charge >= 0.3 is 0 Å². The Labute approximate surface area is 107 Å². The predicted molar refractivity (Wildman–Crippen MR) is 71.0 cm³/mol. The van der Waals surface area contributed by atoms with Crippen molar-refractivity contribution in [1.29, 1.82) is 0 Å². The summed E-state index contributed by atoms with van der Waals surface area (Å²) in [5.74, 6) is 2.47. The quantitative estimate of drug-likeness (QED) is 0.851. The van der Waals surface area contributed by atoms with Crippen LogP contribution in [0.25, 0.3) is 0 Å². The molecule has 0 radical (unpaired) electrons. The fourth-order valence-corrected chi connectivity index (χ4v) is 2.55. The number of hydrogen-bond donors (Lipinski definition) is 1. The summed E-state index contributed by atoms with van der Waals surface area (Å²) in [7, 11) is 0. The van der Waals surface area contributed by atoms with Crippen molar-refractivity contribution in [2.45, 2.75) is 19.8 Å². The number of aryl methyl sites for hydroxylation is 1. The van der Waals surface area contributed by atoms with Crippen LogP contribution in [0.1, 0.15) is 18.7 Å². The van der Waals surface area contributed by atoms with Gasteiger partial charge in [-0.1, -0.05) is 0 Å². The number of nitrogens with one attached hydrogen (secondary N) is 1. The Morgan fingerprint density at radius 2 is 2.06 bits per heavy atom. The first-order valence-electron chi connectivity index (χ1n) is 6.76. The van der Waals surface area contributed by atoms with Crippen LogP contribution in [0.5, 0.6) is 0 Å². The highest BCUT2D eigenvalue weighted by Crippen LogP contribution is 2.30. The molecule has 2 aliphatic rings. The van der Waals surface area contributed by atoms with Crippen LogP contribution >= 0.6 is 0 Å². The van der Waals surface area contributed by atoms with Crippen molar-refractivity contribution < 1.29 is 0 Å². The topological polar surface area (TPSA) is 52.2 Å². The third-order valence-electron chi connectivity index (χ3n) is 3.76. The van der Waals surface area contributed by atoms with Crippen LogP contribution in [0.3, 0.4) is 0 Å². The van der Waals surface area contributed by atoms with Crippen molar-refractivity contribution in [2.75, 3.05) is 37.6 Å². The molecule has 1 saturated heterocycles. The van der Waals surface area contributed by atoms with E-state index in [1.165, 1.54) is 19.4 Å². The van der Waals surface area contributed by atoms with Crippen LogP contribution in [-0.2, 0) is 0 Å². The molecule has 1 aliphatic carbocycles. The second kappa shape index (κ2) is 4.72. The van der Waals surface area contributed by atoms with Crippen LogP contribution in [0.2, 0.25) is 0 Å². The molecule has 0 aromatic carbocycles. The predicted octanol–water partition coefficient (Wildman–Crippen LogP) is 0.610. The van der Waals surface area contributed by atoms with Crippen molar-refractivity contribution >= 4 is 5.82 Å². The van der Waals surface area contributed by atoms with Gasteiger partial charge in [0.2, 0.25) is 0 Å². The van der Waals surface area contributed by atoms with Gasteiger partial charge in [0.15, 0.2) is 0 Å². The molecule has 2 heterocycles. The fraction of sp³-hybridized carbons (Fsp3) is 0.692. The van der Waals surface area contributed by atoms with Gasteiger partial charge in [-0.25, -0.2) is 4.98 Å². The van der Waals surface area contributed by atoms with E-state index in [1.807, 2.05) is 6.92 Å². The molecule has 1 N–H and O–H groups in total. The van der Waals surface area contributed by atoms with Gasteiger partial charge in [0.25, 0.3) is 5.56 Å². The van der Waals surface area contributed by atoms with Crippen molar-refractivity contribution in [3.8, 4) is 0 Å². The molecular weight excluding hydrogens is 228 g/mol. The van der Waals surface area contributed by atoms with E-state index in [4.69, 9.17) is 0 Å². The maximum atomic E-state index is 11.4. The Kier molecular flexibility index (Phi) is 3.07. The molecule has 1 aliphatic heterocycles. The minimum absolute atomic E-state index is 0.0575. The van der Waals surface area contributed by atoms with Crippen LogP contribution in [0, 0.1) is 12.8 Å². The van der Waals surface area contributed by atoms with E-state index in [2.05, 4.69) is 19.8 Å². The Bertz CT molecular complexity index is 472. The molecule has 0 unspecified atom stereocenters. The second-order valence-corrected chi connectivity index (χ2v) is 5.42. The Hall–Kier alpha value is -1.36. The molecule has 3 rings (SSSR count). The largest absolute Gasteiger partial charge is 0.354 e. The van der Waals surface area contributed by atoms with Gasteiger partial charge in [0, 0.05) is 38.8 Å². The molecule has 1 aromatic heterocycles. The summed E-state index contributed by atoms with van der Waals surface area (Å²) in [5, 5.41) is 0. The summed E-state index contributed by atoms with van der Waals surface area (Å²) in [5.41, 5.74) is -0.0575. The van der Waals surface area contributed by atoms with Crippen LogP contribution in [0.4, 0.5) is 5.82 Å². The normalized spacial score (nSPS) is 21.3. The van der Waals surface area contributed by atoms with E-state index in [1.54, 1.807) is 6.07 Å². The third kappa shape index (κ3) is 2.72. The first-order chi connectivity index (χ1) is 8.70. The number of H-pyrrole nitrogens is 1. The third-order valence-corrected chi connectivity index (χ3v) is 3.76. The molecular formula is C13H20N4O. The van der Waals surface area contributed by atoms with Gasteiger partial charge in [-0.15, -0.1) is 0 Å². The Morgan fingerprint density at radius 3 is 2.67 bits per heavy atom. The van der Waals surface area contributed by atoms with E-state index >= 15 is 0 Å². The Morgan fingerprint density at radius 1 is 1.33 bits per heavy atom. The number of rotatable bonds is 3. The standard InChI is InChI=1S/C13H20N4O/c1-10-14-12(8-13(18)15-10)17-6-4-16(5-7-17)9-11-2-3-11/h8,11H,2-7,9H2,1H3,(H,14,15,18). The molecule has 98 valence electrons. The number of aromatic nitrogens is 2. The second-order valence-electron chi connectivity index (χ2n) is 5.42. The zero-order chi connectivity index (χ0) is 12.5. The minimum Gasteiger partial charge on any atom is -0.354 e. The highest BCUT2D eigenvalue weighted by Gasteiger charge is 2.26. The zero-order valence-corrected chi connectivity index (χ0v) is 10.9. The lowest BCUT2D eigenvalue weighted by atomic mass is 10.3. The van der Waals surface area contributed by atoms with Crippen molar-refractivity contribution in [3.63, 3.8) is 0 Å². The molecule has 1 aromatic rings. The summed E-state index contributed by atoms with van der Waals surface area (Å²) in [6.07, 6.45) is 2.82. The molecule has 1 saturated carbocycles. The average molecular weight is 248 g/mol. The number of nitrogens with zero attached hydrogens (tertiary/aromatic N) is 3. The van der Waals surface area contributed by atoms with Gasteiger partial charge in [-0.05, 0) is 25.7 Å². The first-order valence-corrected chi connectivity index (χ1v) is 6.76. The molecule has 0 amide bonds. The monoisotopic (exact) mass is 248 g/mol. The Balaban J connectivity index is 1.62. The van der Waals surface area contributed by atoms with Crippen LogP contribution in [0.15, 0.2) is 10.9 Å². The lowest BCUT2D eigenvalue weighted by Gasteiger charge is -2.35. The van der Waals surface area contributed by atoms with Gasteiger partial charge in [0.1, 0.15) is 11.6 Å². The minimum atomic E-state index is -0.0575. The van der Waals surface area contributed by atoms with Gasteiger partial charge in [0.05, 0.1) is 0 Å². The lowest BCUT2D eigenvalue weighted by Crippen LogP contribution is -2.47. The summed E-state index contributed by atoms with van der Waals surface area (Å²) in [6, 6.07) is 1.60. The summed E-state index contributed by atoms with van der Waals surface area (Å²) < 4.78 is 0. The molecule has 18 heavy (non-hydrogen) atoms. The van der Waals surface area contributed by atoms with E-state index in [0.29, 0.717) is 5.82 Å². The van der Waals surface area contributed by atoms with E-state index in [-0.39, 0.29) is 5.56 Å². The maximum absolute atomic E-state index is 11.4. The smallest absolute Gasteiger partial charge is 0.252 e. The van der Waals surface area contributed by atoms with Crippen LogP contribution in [-0.4, -0.2) is 47.6 Å². The highest BCUT2D eigenvalue weighted by atomic mass is 16.1. The number of anilines is 1. The van der Waals surface area contributed by atoms with E-state index < -0.39 is 0 Å². The molecule has 0 spiro atoms. The summed E-state index contributed by atoms with van der Waals surface area (Å²) in [6.45, 7) is 7.21. The molecule has 2 fully saturated rings. The molecule has 5 heteroatoms. The van der Waals surface area contributed by atoms with Crippen molar-refractivity contribution in [2.24, 2.45) is 5.92 Å². The van der Waals surface area contributed by atoms with E-state index in [9.17, 15) is 4.79 Å². The fourth-order valence-electron chi connectivity index (χ4n) is 2.55. The van der Waals surface area contributed by atoms with Gasteiger partial charge in [-0.3, -0.25) is 9.69 Å². The summed E-state index contributed by atoms with van der Waals surface area (Å²) >= 11 is 0. The van der Waals surface area contributed by atoms with Gasteiger partial charge in [-0.2, -0.15) is 0 Å². The van der Waals surface area contributed by atoms with Crippen LogP contribution < -0.4 is 10.5 Å². The zero-order valence-electron chi connectivity index (χ0n) is 10.9. The average Bonchev–Trinajstić information content (AvgIpc) is 3.12. The molecule has 0 bridgehead atoms. The van der Waals surface area contributed by atoms with Crippen molar-refractivity contribution in [1.82, 2.24) is 14.9 Å². The lowest BCUT2D eigenvalue weighted by molar-refractivity contribution is 0.247. The van der Waals surface area contributed by atoms with Crippen molar-refractivity contribution in [3.05, 3.63) is 22.2 Å².